The van der Waals surface area contributed by atoms with Crippen molar-refractivity contribution in [2.75, 3.05) is 40.6 Å². The molecule has 5 heterocycles. The Morgan fingerprint density at radius 2 is 1.19 bits per heavy atom. The zero-order valence-electron chi connectivity index (χ0n) is 57.6. The van der Waals surface area contributed by atoms with Crippen LogP contribution in [-0.4, -0.2) is 289 Å². The Bertz CT molecular complexity index is 3130. The van der Waals surface area contributed by atoms with Crippen molar-refractivity contribution in [3.05, 3.63) is 41.5 Å². The van der Waals surface area contributed by atoms with E-state index in [1.165, 1.54) is 41.1 Å². The number of aliphatic hydroxyl groups excluding tert-OH is 14. The van der Waals surface area contributed by atoms with E-state index in [9.17, 15) is 86.2 Å². The highest BCUT2D eigenvalue weighted by Crippen LogP contribution is 2.76. The first-order valence-electron chi connectivity index (χ1n) is 34.6. The predicted molar refractivity (Wildman–Crippen MR) is 338 cm³/mol. The van der Waals surface area contributed by atoms with Gasteiger partial charge in [0.05, 0.1) is 69.8 Å². The van der Waals surface area contributed by atoms with Gasteiger partial charge >= 0.3 is 17.9 Å². The molecule has 0 unspecified atom stereocenters. The van der Waals surface area contributed by atoms with Crippen LogP contribution in [0.2, 0.25) is 0 Å². The van der Waals surface area contributed by atoms with Crippen LogP contribution in [0.15, 0.2) is 35.9 Å². The first kappa shape index (κ1) is 76.9. The highest BCUT2D eigenvalue weighted by molar-refractivity contribution is 5.87. The molecule has 0 aromatic heterocycles. The second-order valence-electron chi connectivity index (χ2n) is 30.9. The maximum atomic E-state index is 15.9. The van der Waals surface area contributed by atoms with Gasteiger partial charge in [0.25, 0.3) is 0 Å². The van der Waals surface area contributed by atoms with Gasteiger partial charge in [-0.3, -0.25) is 9.59 Å². The summed E-state index contributed by atoms with van der Waals surface area (Å²) in [5.74, 6) is -3.86. The van der Waals surface area contributed by atoms with Crippen molar-refractivity contribution in [1.82, 2.24) is 0 Å². The minimum atomic E-state index is -2.07. The van der Waals surface area contributed by atoms with Gasteiger partial charge in [0.2, 0.25) is 6.29 Å². The van der Waals surface area contributed by atoms with Crippen LogP contribution in [0.3, 0.4) is 0 Å². The number of allylic oxidation sites excluding steroid dienone is 1. The summed E-state index contributed by atoms with van der Waals surface area (Å²) in [6, 6.07) is 4.90. The summed E-state index contributed by atoms with van der Waals surface area (Å²) in [5, 5.41) is 167. The third kappa shape index (κ3) is 13.3. The maximum absolute atomic E-state index is 15.9. The fraction of sp³-hybridized carbons (Fsp3) is 0.812. The van der Waals surface area contributed by atoms with E-state index in [4.69, 9.17) is 61.6 Å². The average molecular weight is 1430 g/mol. The number of fused-ring (bicyclic) bond motifs is 7. The molecule has 9 fully saturated rings. The second-order valence-corrected chi connectivity index (χ2v) is 30.9. The molecule has 4 saturated carbocycles. The molecule has 100 heavy (non-hydrogen) atoms. The Kier molecular flexibility index (Phi) is 22.5. The summed E-state index contributed by atoms with van der Waals surface area (Å²) in [6.45, 7) is 10.5. The molecule has 0 amide bonds. The molecule has 11 rings (SSSR count). The first-order valence-corrected chi connectivity index (χ1v) is 34.6. The SMILES string of the molecule is COc1ccc(/C=C/C(=O)O[C@@H]2[C@H](O)[C@@H](O[C@@H]3O[C@@H](C)[C@H](O[C@@H]4OC[C@@H](O)[C@H](O[C@@H]5OC[C@H](O)[C@H](O)[C@H]5O)[C@H]4O)[C@@H](O)[C@H]3O)[C@H](OC(=O)[C@]34CCC(C)(C)C[C@H]3C3=CC[C@@H]5[C@@]6(C)C[C@H](O)[C@H](O[C@@H]7O[C@H](CO)[C@@H](O)[C@H](O)[C@H]7O)[C@@](C)(C(=O)O)[C@@H]6CC[C@@]5(C)[C@]3(CO)CC4)O[C@@H]2C)cc1OC. The summed E-state index contributed by atoms with van der Waals surface area (Å²) in [4.78, 5) is 43.6. The van der Waals surface area contributed by atoms with Crippen LogP contribution >= 0.6 is 0 Å². The van der Waals surface area contributed by atoms with Crippen LogP contribution in [0.25, 0.3) is 6.08 Å². The molecule has 10 aliphatic rings. The van der Waals surface area contributed by atoms with Gasteiger partial charge in [0.15, 0.2) is 48.9 Å². The maximum Gasteiger partial charge on any atom is 0.331 e. The summed E-state index contributed by atoms with van der Waals surface area (Å²) in [6.07, 6.45) is -34.7. The van der Waals surface area contributed by atoms with E-state index >= 15 is 4.79 Å². The van der Waals surface area contributed by atoms with Crippen molar-refractivity contribution in [1.29, 1.82) is 0 Å². The lowest BCUT2D eigenvalue weighted by Gasteiger charge is -2.71. The van der Waals surface area contributed by atoms with Crippen molar-refractivity contribution >= 4 is 24.0 Å². The van der Waals surface area contributed by atoms with Crippen molar-refractivity contribution in [3.63, 3.8) is 0 Å². The third-order valence-corrected chi connectivity index (χ3v) is 24.7. The third-order valence-electron chi connectivity index (χ3n) is 24.7. The van der Waals surface area contributed by atoms with E-state index in [0.29, 0.717) is 42.7 Å². The molecule has 5 saturated heterocycles. The number of esters is 2. The fourth-order valence-electron chi connectivity index (χ4n) is 19.0. The van der Waals surface area contributed by atoms with E-state index in [0.717, 1.165) is 11.6 Å². The number of carbonyl (C=O) groups excluding carboxylic acids is 2. The zero-order chi connectivity index (χ0) is 72.8. The average Bonchev–Trinajstić information content (AvgIpc) is 0.669. The number of hydrogen-bond acceptors (Lipinski definition) is 30. The van der Waals surface area contributed by atoms with E-state index in [1.54, 1.807) is 18.2 Å². The molecular weight excluding hydrogens is 1320 g/mol. The van der Waals surface area contributed by atoms with Crippen molar-refractivity contribution in [2.45, 2.75) is 260 Å². The van der Waals surface area contributed by atoms with Crippen LogP contribution < -0.4 is 9.47 Å². The van der Waals surface area contributed by atoms with E-state index in [-0.39, 0.29) is 50.0 Å². The van der Waals surface area contributed by atoms with E-state index < -0.39 is 230 Å². The van der Waals surface area contributed by atoms with Crippen LogP contribution in [-0.2, 0) is 66.5 Å². The standard InChI is InChI=1S/C69H102O31/c1-29-52(96-58-51(84)54(36(74)27-91-58)97-57-47(80)43(76)35(73)26-90-57)46(79)49(82)59(92-29)98-55-50(83)53(95-42(75)15-11-31-10-13-37(88-8)38(22-31)89-9)30(2)93-61(55)100-63(87)68-19-18-64(3,4)23-33(68)32-12-14-40-65(5)24-34(72)56(99-60-48(81)45(78)44(77)39(25-70)94-60)67(7,62(85)86)41(65)16-17-66(40,6)69(32,28-71)21-20-68/h10-13,15,22,29-30,33-36,39-41,43-61,70-74,76-84H,14,16-21,23-28H2,1-9H3,(H,85,86)/b15-11+/t29-,30+,33-,34-,35-,36+,39+,40+,41+,43-,44+,45-,46-,47+,48+,49+,50-,51+,52-,53-,54-,55+,56-,57-,58-,59-,60-,61-,65+,66+,67-,68-,69-/m0/s1. The molecule has 31 heteroatoms. The van der Waals surface area contributed by atoms with Gasteiger partial charge in [-0.25, -0.2) is 4.79 Å². The Morgan fingerprint density at radius 1 is 0.580 bits per heavy atom. The van der Waals surface area contributed by atoms with Gasteiger partial charge in [0.1, 0.15) is 91.6 Å². The summed E-state index contributed by atoms with van der Waals surface area (Å²) < 4.78 is 76.7. The largest absolute Gasteiger partial charge is 0.493 e. The summed E-state index contributed by atoms with van der Waals surface area (Å²) in [5.41, 5.74) is -4.98. The predicted octanol–water partition coefficient (Wildman–Crippen LogP) is -1.59. The van der Waals surface area contributed by atoms with Crippen LogP contribution in [0.4, 0.5) is 0 Å². The van der Waals surface area contributed by atoms with Crippen LogP contribution in [0.5, 0.6) is 11.5 Å². The van der Waals surface area contributed by atoms with Gasteiger partial charge in [-0.05, 0) is 136 Å². The second kappa shape index (κ2) is 29.3. The summed E-state index contributed by atoms with van der Waals surface area (Å²) in [7, 11) is 2.91. The molecule has 1 aromatic rings. The topological polar surface area (TPSA) is 475 Å². The van der Waals surface area contributed by atoms with Gasteiger partial charge in [-0.15, -0.1) is 0 Å². The van der Waals surface area contributed by atoms with Gasteiger partial charge in [-0.2, -0.15) is 0 Å². The Balaban J connectivity index is 0.862. The molecule has 5 aliphatic heterocycles. The molecule has 0 bridgehead atoms. The first-order chi connectivity index (χ1) is 47.1. The number of hydrogen-bond donors (Lipinski definition) is 15. The van der Waals surface area contributed by atoms with Crippen molar-refractivity contribution < 1.29 is 153 Å². The van der Waals surface area contributed by atoms with Gasteiger partial charge < -0.3 is 138 Å². The normalized spacial score (nSPS) is 48.6. The molecule has 33 atom stereocenters. The highest BCUT2D eigenvalue weighted by Gasteiger charge is 2.74. The molecule has 31 nitrogen and oxygen atoms in total. The lowest BCUT2D eigenvalue weighted by atomic mass is 9.33. The Labute approximate surface area is 578 Å². The number of benzene rings is 1. The zero-order valence-corrected chi connectivity index (χ0v) is 57.6. The number of carboxylic acids is 1. The number of aliphatic carboxylic acids is 1. The number of rotatable bonds is 18. The Hall–Kier alpha value is -4.21. The molecule has 0 radical (unpaired) electrons. The molecule has 1 aromatic carbocycles. The van der Waals surface area contributed by atoms with Crippen LogP contribution in [0.1, 0.15) is 112 Å². The fourth-order valence-corrected chi connectivity index (χ4v) is 19.0. The van der Waals surface area contributed by atoms with Gasteiger partial charge in [0, 0.05) is 11.5 Å². The van der Waals surface area contributed by atoms with Gasteiger partial charge in [-0.1, -0.05) is 45.4 Å². The minimum absolute atomic E-state index is 0.00737. The highest BCUT2D eigenvalue weighted by atomic mass is 16.8. The Morgan fingerprint density at radius 3 is 1.86 bits per heavy atom. The number of aliphatic hydroxyl groups is 14. The molecule has 15 N–H and O–H groups in total. The number of ether oxygens (including phenoxy) is 13. The lowest BCUT2D eigenvalue weighted by molar-refractivity contribution is -0.378. The number of carbonyl (C=O) groups is 3. The van der Waals surface area contributed by atoms with E-state index in [1.807, 2.05) is 6.92 Å². The van der Waals surface area contributed by atoms with Crippen LogP contribution in [0, 0.1) is 50.2 Å². The molecular formula is C69H102O31. The van der Waals surface area contributed by atoms with Crippen molar-refractivity contribution in [2.24, 2.45) is 50.2 Å². The molecule has 5 aliphatic carbocycles. The quantitative estimate of drug-likeness (QED) is 0.0341. The monoisotopic (exact) mass is 1430 g/mol. The smallest absolute Gasteiger partial charge is 0.331 e. The number of methoxy groups -OCH3 is 2. The minimum Gasteiger partial charge on any atom is -0.493 e. The molecule has 564 valence electrons. The molecule has 0 spiro atoms. The van der Waals surface area contributed by atoms with Crippen molar-refractivity contribution in [3.8, 4) is 11.5 Å². The van der Waals surface area contributed by atoms with E-state index in [2.05, 4.69) is 26.8 Å². The number of carboxylic acid groups (broad SMARTS) is 1. The summed E-state index contributed by atoms with van der Waals surface area (Å²) >= 11 is 0. The lowest BCUT2D eigenvalue weighted by Crippen LogP contribution is -2.71.